The smallest absolute Gasteiger partial charge is 0.338 e. The number of carbonyl (C=O) groups is 2. The van der Waals surface area contributed by atoms with E-state index in [1.165, 1.54) is 0 Å². The van der Waals surface area contributed by atoms with Gasteiger partial charge in [0.25, 0.3) is 0 Å². The third-order valence-electron chi connectivity index (χ3n) is 2.18. The molecule has 0 heterocycles. The van der Waals surface area contributed by atoms with Gasteiger partial charge in [-0.1, -0.05) is 0 Å². The van der Waals surface area contributed by atoms with Gasteiger partial charge in [0, 0.05) is 12.3 Å². The molecule has 0 aliphatic rings. The quantitative estimate of drug-likeness (QED) is 0.448. The van der Waals surface area contributed by atoms with E-state index >= 15 is 0 Å². The van der Waals surface area contributed by atoms with Crippen LogP contribution in [0.3, 0.4) is 0 Å². The van der Waals surface area contributed by atoms with Gasteiger partial charge < -0.3 is 9.47 Å². The lowest BCUT2D eigenvalue weighted by Crippen LogP contribution is -2.09. The van der Waals surface area contributed by atoms with Crippen LogP contribution in [0.4, 0.5) is 0 Å². The second-order valence-electron chi connectivity index (χ2n) is 3.63. The van der Waals surface area contributed by atoms with Crippen molar-refractivity contribution < 1.29 is 19.1 Å². The maximum atomic E-state index is 11.5. The molecule has 1 rings (SSSR count). The summed E-state index contributed by atoms with van der Waals surface area (Å²) in [7, 11) is 0. The highest BCUT2D eigenvalue weighted by Gasteiger charge is 2.12. The number of halogens is 2. The van der Waals surface area contributed by atoms with Gasteiger partial charge in [-0.05, 0) is 47.5 Å². The fraction of sp³-hybridized carbons (Fsp3) is 0.385. The molecular weight excluding hydrogens is 335 g/mol. The Kier molecular flexibility index (Phi) is 6.87. The molecule has 0 atom stereocenters. The molecule has 0 unspecified atom stereocenters. The van der Waals surface area contributed by atoms with Gasteiger partial charge in [-0.25, -0.2) is 4.79 Å². The van der Waals surface area contributed by atoms with Crippen LogP contribution in [-0.4, -0.2) is 24.4 Å². The Balaban J connectivity index is 2.72. The fourth-order valence-corrected chi connectivity index (χ4v) is 1.90. The van der Waals surface area contributed by atoms with Crippen molar-refractivity contribution in [2.45, 2.75) is 19.8 Å². The summed E-state index contributed by atoms with van der Waals surface area (Å²) in [4.78, 5) is 23.0. The van der Waals surface area contributed by atoms with E-state index in [4.69, 9.17) is 21.1 Å². The summed E-state index contributed by atoms with van der Waals surface area (Å²) in [6.07, 6.45) is 0.828. The normalized spacial score (nSPS) is 10.1. The third-order valence-corrected chi connectivity index (χ3v) is 3.07. The average Bonchev–Trinajstić information content (AvgIpc) is 2.39. The van der Waals surface area contributed by atoms with Gasteiger partial charge in [0.1, 0.15) is 5.75 Å². The molecule has 4 nitrogen and oxygen atoms in total. The Labute approximate surface area is 125 Å². The van der Waals surface area contributed by atoms with Crippen molar-refractivity contribution in [3.63, 3.8) is 0 Å². The molecule has 0 aliphatic carbocycles. The number of rotatable bonds is 6. The number of carbonyl (C=O) groups excluding carboxylic acids is 2. The maximum Gasteiger partial charge on any atom is 0.338 e. The van der Waals surface area contributed by atoms with E-state index < -0.39 is 5.97 Å². The van der Waals surface area contributed by atoms with E-state index in [9.17, 15) is 9.59 Å². The zero-order valence-electron chi connectivity index (χ0n) is 10.4. The topological polar surface area (TPSA) is 52.6 Å². The van der Waals surface area contributed by atoms with Crippen molar-refractivity contribution in [3.8, 4) is 5.75 Å². The van der Waals surface area contributed by atoms with E-state index in [2.05, 4.69) is 15.9 Å². The summed E-state index contributed by atoms with van der Waals surface area (Å²) < 4.78 is 10.5. The molecule has 6 heteroatoms. The van der Waals surface area contributed by atoms with E-state index in [-0.39, 0.29) is 12.4 Å². The van der Waals surface area contributed by atoms with Crippen LogP contribution in [-0.2, 0) is 9.53 Å². The first-order valence-electron chi connectivity index (χ1n) is 5.81. The molecule has 0 spiro atoms. The molecule has 0 saturated heterocycles. The second-order valence-corrected chi connectivity index (χ2v) is 4.86. The molecular formula is C13H14BrClO4. The summed E-state index contributed by atoms with van der Waals surface area (Å²) in [6, 6.07) is 4.66. The molecule has 1 aromatic rings. The van der Waals surface area contributed by atoms with E-state index in [0.717, 1.165) is 0 Å². The van der Waals surface area contributed by atoms with Crippen LogP contribution in [0.2, 0.25) is 0 Å². The average molecular weight is 350 g/mol. The minimum atomic E-state index is -0.414. The first-order valence-corrected chi connectivity index (χ1v) is 7.14. The molecule has 104 valence electrons. The van der Waals surface area contributed by atoms with Gasteiger partial charge in [0.2, 0.25) is 0 Å². The Morgan fingerprint density at radius 1 is 1.37 bits per heavy atom. The molecule has 19 heavy (non-hydrogen) atoms. The van der Waals surface area contributed by atoms with Crippen LogP contribution < -0.4 is 4.74 Å². The Hall–Kier alpha value is -1.07. The molecule has 0 fully saturated rings. The summed E-state index contributed by atoms with van der Waals surface area (Å²) in [5, 5.41) is 0. The number of benzene rings is 1. The van der Waals surface area contributed by atoms with Crippen molar-refractivity contribution in [1.29, 1.82) is 0 Å². The van der Waals surface area contributed by atoms with Gasteiger partial charge in [-0.15, -0.1) is 11.6 Å². The highest BCUT2D eigenvalue weighted by Crippen LogP contribution is 2.26. The van der Waals surface area contributed by atoms with Crippen molar-refractivity contribution >= 4 is 39.5 Å². The molecule has 0 N–H and O–H groups in total. The maximum absolute atomic E-state index is 11.5. The van der Waals surface area contributed by atoms with Gasteiger partial charge in [-0.2, -0.15) is 0 Å². The van der Waals surface area contributed by atoms with Crippen molar-refractivity contribution in [2.75, 3.05) is 12.5 Å². The molecule has 0 aromatic heterocycles. The molecule has 0 saturated carbocycles. The first kappa shape index (κ1) is 16.0. The van der Waals surface area contributed by atoms with Crippen molar-refractivity contribution in [2.24, 2.45) is 0 Å². The number of hydrogen-bond donors (Lipinski definition) is 0. The zero-order valence-corrected chi connectivity index (χ0v) is 12.8. The number of hydrogen-bond acceptors (Lipinski definition) is 4. The largest absolute Gasteiger partial charge is 0.462 e. The lowest BCUT2D eigenvalue weighted by Gasteiger charge is -2.07. The van der Waals surface area contributed by atoms with Crippen LogP contribution in [0.5, 0.6) is 5.75 Å². The summed E-state index contributed by atoms with van der Waals surface area (Å²) >= 11 is 8.75. The van der Waals surface area contributed by atoms with Crippen LogP contribution in [0.25, 0.3) is 0 Å². The van der Waals surface area contributed by atoms with Crippen LogP contribution in [0.1, 0.15) is 30.1 Å². The summed E-state index contributed by atoms with van der Waals surface area (Å²) in [6.45, 7) is 2.05. The fourth-order valence-electron chi connectivity index (χ4n) is 1.31. The number of esters is 2. The lowest BCUT2D eigenvalue weighted by molar-refractivity contribution is -0.134. The van der Waals surface area contributed by atoms with Crippen molar-refractivity contribution in [1.82, 2.24) is 0 Å². The van der Waals surface area contributed by atoms with E-state index in [1.807, 2.05) is 0 Å². The van der Waals surface area contributed by atoms with Crippen LogP contribution in [0, 0.1) is 0 Å². The predicted molar refractivity (Wildman–Crippen MR) is 75.7 cm³/mol. The number of ether oxygens (including phenoxy) is 2. The highest BCUT2D eigenvalue weighted by molar-refractivity contribution is 9.10. The van der Waals surface area contributed by atoms with E-state index in [1.54, 1.807) is 25.1 Å². The third kappa shape index (κ3) is 5.20. The van der Waals surface area contributed by atoms with Gasteiger partial charge in [-0.3, -0.25) is 4.79 Å². The van der Waals surface area contributed by atoms with E-state index in [0.29, 0.717) is 34.7 Å². The van der Waals surface area contributed by atoms with Crippen molar-refractivity contribution in [3.05, 3.63) is 28.2 Å². The second kappa shape index (κ2) is 8.17. The molecule has 0 radical (unpaired) electrons. The minimum absolute atomic E-state index is 0.259. The molecule has 0 amide bonds. The van der Waals surface area contributed by atoms with Gasteiger partial charge in [0.05, 0.1) is 16.6 Å². The Morgan fingerprint density at radius 2 is 2.11 bits per heavy atom. The molecule has 0 bridgehead atoms. The Morgan fingerprint density at radius 3 is 2.68 bits per heavy atom. The standard InChI is InChI=1S/C13H14BrClO4/c1-2-18-13(17)9-5-6-11(10(14)8-9)19-12(16)4-3-7-15/h5-6,8H,2-4,7H2,1H3. The number of alkyl halides is 1. The van der Waals surface area contributed by atoms with Gasteiger partial charge >= 0.3 is 11.9 Å². The summed E-state index contributed by atoms with van der Waals surface area (Å²) in [5.74, 6) is 0.0130. The molecule has 1 aromatic carbocycles. The van der Waals surface area contributed by atoms with Crippen LogP contribution in [0.15, 0.2) is 22.7 Å². The first-order chi connectivity index (χ1) is 9.08. The zero-order chi connectivity index (χ0) is 14.3. The monoisotopic (exact) mass is 348 g/mol. The van der Waals surface area contributed by atoms with Crippen LogP contribution >= 0.6 is 27.5 Å². The predicted octanol–water partition coefficient (Wildman–Crippen LogP) is 3.55. The molecule has 0 aliphatic heterocycles. The van der Waals surface area contributed by atoms with Gasteiger partial charge in [0.15, 0.2) is 0 Å². The minimum Gasteiger partial charge on any atom is -0.462 e. The summed E-state index contributed by atoms with van der Waals surface area (Å²) in [5.41, 5.74) is 0.397. The lowest BCUT2D eigenvalue weighted by atomic mass is 10.2. The highest BCUT2D eigenvalue weighted by atomic mass is 79.9. The SMILES string of the molecule is CCOC(=O)c1ccc(OC(=O)CCCCl)c(Br)c1. The Bertz CT molecular complexity index is 462.